The molecule has 0 spiro atoms. The summed E-state index contributed by atoms with van der Waals surface area (Å²) in [5, 5.41) is 2.24. The molecule has 2 aromatic rings. The third kappa shape index (κ3) is 5.72. The quantitative estimate of drug-likeness (QED) is 0.574. The van der Waals surface area contributed by atoms with Gasteiger partial charge < -0.3 is 14.4 Å². The van der Waals surface area contributed by atoms with Gasteiger partial charge in [-0.1, -0.05) is 42.5 Å². The summed E-state index contributed by atoms with van der Waals surface area (Å²) < 4.78 is 11.3. The summed E-state index contributed by atoms with van der Waals surface area (Å²) in [5.41, 5.74) is -0.113. The van der Waals surface area contributed by atoms with Crippen LogP contribution in [0.2, 0.25) is 0 Å². The molecule has 0 saturated carbocycles. The number of benzene rings is 2. The number of hydrogen-bond acceptors (Lipinski definition) is 4. The molecule has 2 amide bonds. The number of rotatable bonds is 3. The first kappa shape index (κ1) is 23.9. The van der Waals surface area contributed by atoms with Gasteiger partial charge in [0.05, 0.1) is 12.1 Å². The molecule has 0 N–H and O–H groups in total. The van der Waals surface area contributed by atoms with Gasteiger partial charge in [0.15, 0.2) is 0 Å². The zero-order valence-electron chi connectivity index (χ0n) is 20.3. The Morgan fingerprint density at radius 1 is 0.969 bits per heavy atom. The Morgan fingerprint density at radius 2 is 1.59 bits per heavy atom. The molecule has 32 heavy (non-hydrogen) atoms. The minimum absolute atomic E-state index is 0.161. The van der Waals surface area contributed by atoms with Crippen LogP contribution in [0.4, 0.5) is 9.59 Å². The largest absolute Gasteiger partial charge is 0.444 e. The molecular weight excluding hydrogens is 404 g/mol. The highest BCUT2D eigenvalue weighted by Gasteiger charge is 2.39. The summed E-state index contributed by atoms with van der Waals surface area (Å²) in [6.45, 7) is 14.2. The van der Waals surface area contributed by atoms with Crippen LogP contribution in [0.15, 0.2) is 42.5 Å². The summed E-state index contributed by atoms with van der Waals surface area (Å²) in [6, 6.07) is 13.9. The summed E-state index contributed by atoms with van der Waals surface area (Å²) in [7, 11) is 0. The van der Waals surface area contributed by atoms with Crippen molar-refractivity contribution in [3.05, 3.63) is 48.0 Å². The van der Waals surface area contributed by atoms with Crippen LogP contribution < -0.4 is 0 Å². The lowest BCUT2D eigenvalue weighted by atomic mass is 9.97. The maximum Gasteiger partial charge on any atom is 0.411 e. The van der Waals surface area contributed by atoms with Crippen LogP contribution in [-0.2, 0) is 9.47 Å². The van der Waals surface area contributed by atoms with Crippen molar-refractivity contribution in [2.45, 2.75) is 78.2 Å². The van der Waals surface area contributed by atoms with E-state index in [9.17, 15) is 9.59 Å². The van der Waals surface area contributed by atoms with Crippen LogP contribution in [0.1, 0.15) is 66.5 Å². The molecule has 0 aromatic heterocycles. The predicted molar refractivity (Wildman–Crippen MR) is 127 cm³/mol. The van der Waals surface area contributed by atoms with Crippen LogP contribution in [-0.4, -0.2) is 52.3 Å². The van der Waals surface area contributed by atoms with Gasteiger partial charge in [0.25, 0.3) is 0 Å². The normalized spacial score (nSPS) is 17.8. The second-order valence-corrected chi connectivity index (χ2v) is 10.5. The summed E-state index contributed by atoms with van der Waals surface area (Å²) in [6.07, 6.45) is -0.0379. The van der Waals surface area contributed by atoms with E-state index in [1.165, 1.54) is 0 Å². The van der Waals surface area contributed by atoms with E-state index in [-0.39, 0.29) is 24.3 Å². The average Bonchev–Trinajstić information content (AvgIpc) is 3.14. The molecule has 0 bridgehead atoms. The van der Waals surface area contributed by atoms with Crippen molar-refractivity contribution < 1.29 is 19.1 Å². The molecule has 3 rings (SSSR count). The fourth-order valence-corrected chi connectivity index (χ4v) is 4.16. The number of likely N-dealkylation sites (tertiary alicyclic amines) is 1. The highest BCUT2D eigenvalue weighted by molar-refractivity contribution is 5.86. The lowest BCUT2D eigenvalue weighted by Crippen LogP contribution is -2.46. The zero-order chi connectivity index (χ0) is 23.7. The van der Waals surface area contributed by atoms with Crippen molar-refractivity contribution in [1.82, 2.24) is 9.80 Å². The van der Waals surface area contributed by atoms with Gasteiger partial charge in [-0.2, -0.15) is 0 Å². The molecule has 2 aromatic carbocycles. The Morgan fingerprint density at radius 3 is 2.25 bits per heavy atom. The van der Waals surface area contributed by atoms with Crippen LogP contribution in [0.25, 0.3) is 10.8 Å². The molecule has 1 fully saturated rings. The Kier molecular flexibility index (Phi) is 6.72. The fraction of sp³-hybridized carbons (Fsp3) is 0.538. The fourth-order valence-electron chi connectivity index (χ4n) is 4.16. The van der Waals surface area contributed by atoms with E-state index in [0.29, 0.717) is 19.5 Å². The minimum Gasteiger partial charge on any atom is -0.444 e. The molecular formula is C26H36N2O4. The van der Waals surface area contributed by atoms with E-state index in [4.69, 9.17) is 9.47 Å². The van der Waals surface area contributed by atoms with Crippen LogP contribution in [0.5, 0.6) is 0 Å². The monoisotopic (exact) mass is 440 g/mol. The Bertz CT molecular complexity index is 968. The standard InChI is InChI=1S/C26H36N2O4/c1-18(21-14-10-12-19-11-8-9-13-22(19)21)28(24(30)32-26(5,6)7)20-15-16-27(17-20)23(29)31-25(2,3)4/h8-14,18,20H,15-17H2,1-7H3/t18-,20-/m1/s1. The number of amides is 2. The molecule has 0 radical (unpaired) electrons. The van der Waals surface area contributed by atoms with E-state index >= 15 is 0 Å². The number of carbonyl (C=O) groups excluding carboxylic acids is 2. The first-order chi connectivity index (χ1) is 14.9. The number of ether oxygens (including phenoxy) is 2. The molecule has 1 heterocycles. The van der Waals surface area contributed by atoms with Gasteiger partial charge >= 0.3 is 12.2 Å². The van der Waals surface area contributed by atoms with Gasteiger partial charge in [-0.05, 0) is 71.2 Å². The van der Waals surface area contributed by atoms with E-state index < -0.39 is 11.2 Å². The molecule has 6 nitrogen and oxygen atoms in total. The topological polar surface area (TPSA) is 59.1 Å². The molecule has 1 aliphatic rings. The highest BCUT2D eigenvalue weighted by Crippen LogP contribution is 2.33. The van der Waals surface area contributed by atoms with E-state index in [1.54, 1.807) is 9.80 Å². The SMILES string of the molecule is C[C@H](c1cccc2ccccc12)N(C(=O)OC(C)(C)C)[C@@H]1CCN(C(=O)OC(C)(C)C)C1. The van der Waals surface area contributed by atoms with E-state index in [1.807, 2.05) is 66.7 Å². The van der Waals surface area contributed by atoms with E-state index in [0.717, 1.165) is 16.3 Å². The highest BCUT2D eigenvalue weighted by atomic mass is 16.6. The van der Waals surface area contributed by atoms with Gasteiger partial charge in [-0.3, -0.25) is 4.90 Å². The lowest BCUT2D eigenvalue weighted by Gasteiger charge is -2.36. The maximum atomic E-state index is 13.4. The lowest BCUT2D eigenvalue weighted by molar-refractivity contribution is 0.00477. The second-order valence-electron chi connectivity index (χ2n) is 10.5. The van der Waals surface area contributed by atoms with Crippen molar-refractivity contribution in [3.8, 4) is 0 Å². The average molecular weight is 441 g/mol. The Labute approximate surface area is 191 Å². The van der Waals surface area contributed by atoms with Crippen LogP contribution in [0, 0.1) is 0 Å². The zero-order valence-corrected chi connectivity index (χ0v) is 20.3. The third-order valence-electron chi connectivity index (χ3n) is 5.50. The Balaban J connectivity index is 1.91. The minimum atomic E-state index is -0.614. The van der Waals surface area contributed by atoms with Gasteiger partial charge in [0.1, 0.15) is 11.2 Å². The van der Waals surface area contributed by atoms with Crippen LogP contribution in [0.3, 0.4) is 0 Å². The second kappa shape index (κ2) is 9.00. The first-order valence-corrected chi connectivity index (χ1v) is 11.3. The predicted octanol–water partition coefficient (Wildman–Crippen LogP) is 6.15. The molecule has 0 aliphatic carbocycles. The van der Waals surface area contributed by atoms with Gasteiger partial charge in [-0.15, -0.1) is 0 Å². The van der Waals surface area contributed by atoms with Crippen molar-refractivity contribution in [3.63, 3.8) is 0 Å². The van der Waals surface area contributed by atoms with Gasteiger partial charge in [0.2, 0.25) is 0 Å². The van der Waals surface area contributed by atoms with Crippen molar-refractivity contribution in [2.24, 2.45) is 0 Å². The van der Waals surface area contributed by atoms with Gasteiger partial charge in [-0.25, -0.2) is 9.59 Å². The number of nitrogens with zero attached hydrogens (tertiary/aromatic N) is 2. The summed E-state index contributed by atoms with van der Waals surface area (Å²) in [5.74, 6) is 0. The number of hydrogen-bond donors (Lipinski definition) is 0. The first-order valence-electron chi connectivity index (χ1n) is 11.3. The summed E-state index contributed by atoms with van der Waals surface area (Å²) >= 11 is 0. The van der Waals surface area contributed by atoms with Crippen molar-refractivity contribution in [1.29, 1.82) is 0 Å². The number of carbonyl (C=O) groups is 2. The molecule has 6 heteroatoms. The smallest absolute Gasteiger partial charge is 0.411 e. The number of fused-ring (bicyclic) bond motifs is 1. The Hall–Kier alpha value is -2.76. The molecule has 1 aliphatic heterocycles. The van der Waals surface area contributed by atoms with Crippen LogP contribution >= 0.6 is 0 Å². The molecule has 2 atom stereocenters. The van der Waals surface area contributed by atoms with E-state index in [2.05, 4.69) is 24.3 Å². The van der Waals surface area contributed by atoms with Crippen molar-refractivity contribution >= 4 is 23.0 Å². The van der Waals surface area contributed by atoms with Gasteiger partial charge in [0, 0.05) is 13.1 Å². The maximum absolute atomic E-state index is 13.4. The summed E-state index contributed by atoms with van der Waals surface area (Å²) in [4.78, 5) is 29.5. The molecule has 1 saturated heterocycles. The van der Waals surface area contributed by atoms with Crippen molar-refractivity contribution in [2.75, 3.05) is 13.1 Å². The molecule has 174 valence electrons. The third-order valence-corrected chi connectivity index (χ3v) is 5.50. The molecule has 0 unspecified atom stereocenters.